The fourth-order valence-corrected chi connectivity index (χ4v) is 1.57. The Morgan fingerprint density at radius 2 is 2.07 bits per heavy atom. The Balaban J connectivity index is 2.12. The number of benzene rings is 1. The number of carbonyl (C=O) groups excluding carboxylic acids is 1. The second-order valence-corrected chi connectivity index (χ2v) is 3.41. The lowest BCUT2D eigenvalue weighted by molar-refractivity contribution is 0.0302. The topological polar surface area (TPSA) is 29.5 Å². The summed E-state index contributed by atoms with van der Waals surface area (Å²) in [5.74, 6) is -0.507. The summed E-state index contributed by atoms with van der Waals surface area (Å²) in [5.41, 5.74) is 0.400. The van der Waals surface area contributed by atoms with Crippen molar-refractivity contribution in [1.82, 2.24) is 4.90 Å². The van der Waals surface area contributed by atoms with Crippen LogP contribution >= 0.6 is 0 Å². The van der Waals surface area contributed by atoms with E-state index >= 15 is 0 Å². The summed E-state index contributed by atoms with van der Waals surface area (Å²) in [6.07, 6.45) is 0. The van der Waals surface area contributed by atoms with E-state index in [0.717, 1.165) is 0 Å². The van der Waals surface area contributed by atoms with Gasteiger partial charge in [0.15, 0.2) is 0 Å². The summed E-state index contributed by atoms with van der Waals surface area (Å²) in [6.45, 7) is 2.27. The smallest absolute Gasteiger partial charge is 0.254 e. The normalized spacial score (nSPS) is 16.5. The van der Waals surface area contributed by atoms with Gasteiger partial charge in [-0.1, -0.05) is 6.07 Å². The van der Waals surface area contributed by atoms with Crippen LogP contribution in [0.25, 0.3) is 0 Å². The maximum Gasteiger partial charge on any atom is 0.254 e. The van der Waals surface area contributed by atoms with Crippen molar-refractivity contribution < 1.29 is 13.9 Å². The first kappa shape index (κ1) is 10.1. The van der Waals surface area contributed by atoms with Gasteiger partial charge < -0.3 is 9.64 Å². The summed E-state index contributed by atoms with van der Waals surface area (Å²) < 4.78 is 18.0. The molecule has 1 aromatic carbocycles. The zero-order valence-electron chi connectivity index (χ0n) is 8.28. The number of morpholine rings is 1. The highest BCUT2D eigenvalue weighted by molar-refractivity contribution is 5.94. The summed E-state index contributed by atoms with van der Waals surface area (Å²) in [5, 5.41) is 0. The molecule has 0 atom stereocenters. The molecule has 0 N–H and O–H groups in total. The van der Waals surface area contributed by atoms with Crippen molar-refractivity contribution in [3.8, 4) is 0 Å². The van der Waals surface area contributed by atoms with Crippen LogP contribution in [0.15, 0.2) is 24.3 Å². The van der Waals surface area contributed by atoms with E-state index in [-0.39, 0.29) is 11.7 Å². The summed E-state index contributed by atoms with van der Waals surface area (Å²) in [6, 6.07) is 5.76. The Labute approximate surface area is 87.5 Å². The van der Waals surface area contributed by atoms with Gasteiger partial charge in [-0.3, -0.25) is 4.79 Å². The molecule has 4 heteroatoms. The summed E-state index contributed by atoms with van der Waals surface area (Å²) >= 11 is 0. The third kappa shape index (κ3) is 2.33. The first-order valence-corrected chi connectivity index (χ1v) is 4.90. The molecule has 1 fully saturated rings. The van der Waals surface area contributed by atoms with Gasteiger partial charge >= 0.3 is 0 Å². The number of hydrogen-bond donors (Lipinski definition) is 0. The quantitative estimate of drug-likeness (QED) is 0.697. The summed E-state index contributed by atoms with van der Waals surface area (Å²) in [4.78, 5) is 13.5. The monoisotopic (exact) mass is 209 g/mol. The minimum Gasteiger partial charge on any atom is -0.378 e. The van der Waals surface area contributed by atoms with Gasteiger partial charge in [0.2, 0.25) is 0 Å². The molecular formula is C11H12FNO2. The Morgan fingerprint density at radius 3 is 2.73 bits per heavy atom. The Hall–Kier alpha value is -1.42. The number of halogens is 1. The number of ether oxygens (including phenoxy) is 1. The van der Waals surface area contributed by atoms with E-state index in [0.29, 0.717) is 31.9 Å². The van der Waals surface area contributed by atoms with E-state index < -0.39 is 0 Å². The molecule has 0 aromatic heterocycles. The Kier molecular flexibility index (Phi) is 2.97. The third-order valence-electron chi connectivity index (χ3n) is 2.37. The SMILES string of the molecule is O=C(c1cccc(F)c1)N1CCOCC1. The molecule has 1 heterocycles. The second-order valence-electron chi connectivity index (χ2n) is 3.41. The number of amides is 1. The van der Waals surface area contributed by atoms with Crippen LogP contribution in [-0.2, 0) is 4.74 Å². The van der Waals surface area contributed by atoms with Gasteiger partial charge in [-0.15, -0.1) is 0 Å². The van der Waals surface area contributed by atoms with E-state index in [9.17, 15) is 9.18 Å². The number of hydrogen-bond acceptors (Lipinski definition) is 2. The first-order chi connectivity index (χ1) is 7.27. The highest BCUT2D eigenvalue weighted by atomic mass is 19.1. The fourth-order valence-electron chi connectivity index (χ4n) is 1.57. The van der Waals surface area contributed by atoms with E-state index in [2.05, 4.69) is 0 Å². The number of nitrogens with zero attached hydrogens (tertiary/aromatic N) is 1. The van der Waals surface area contributed by atoms with Crippen molar-refractivity contribution in [1.29, 1.82) is 0 Å². The van der Waals surface area contributed by atoms with Crippen LogP contribution in [0.2, 0.25) is 0 Å². The van der Waals surface area contributed by atoms with Crippen LogP contribution in [0.1, 0.15) is 10.4 Å². The molecule has 15 heavy (non-hydrogen) atoms. The van der Waals surface area contributed by atoms with Gasteiger partial charge in [0, 0.05) is 18.7 Å². The highest BCUT2D eigenvalue weighted by Crippen LogP contribution is 2.08. The number of rotatable bonds is 1. The Morgan fingerprint density at radius 1 is 1.33 bits per heavy atom. The maximum absolute atomic E-state index is 12.9. The van der Waals surface area contributed by atoms with Crippen molar-refractivity contribution in [3.05, 3.63) is 35.6 Å². The largest absolute Gasteiger partial charge is 0.378 e. The van der Waals surface area contributed by atoms with Crippen LogP contribution in [0.4, 0.5) is 4.39 Å². The van der Waals surface area contributed by atoms with Crippen LogP contribution in [0.5, 0.6) is 0 Å². The first-order valence-electron chi connectivity index (χ1n) is 4.90. The molecule has 3 nitrogen and oxygen atoms in total. The molecule has 0 unspecified atom stereocenters. The molecule has 0 radical (unpaired) electrons. The van der Waals surface area contributed by atoms with E-state index in [1.807, 2.05) is 0 Å². The molecule has 0 bridgehead atoms. The van der Waals surface area contributed by atoms with Crippen molar-refractivity contribution in [2.75, 3.05) is 26.3 Å². The Bertz CT molecular complexity index is 361. The lowest BCUT2D eigenvalue weighted by atomic mass is 10.2. The highest BCUT2D eigenvalue weighted by Gasteiger charge is 2.18. The standard InChI is InChI=1S/C11H12FNO2/c12-10-3-1-2-9(8-10)11(14)13-4-6-15-7-5-13/h1-3,8H,4-7H2. The minimum atomic E-state index is -0.380. The molecule has 80 valence electrons. The van der Waals surface area contributed by atoms with Gasteiger partial charge in [0.05, 0.1) is 13.2 Å². The van der Waals surface area contributed by atoms with Crippen LogP contribution < -0.4 is 0 Å². The van der Waals surface area contributed by atoms with Crippen LogP contribution in [-0.4, -0.2) is 37.1 Å². The van der Waals surface area contributed by atoms with Gasteiger partial charge in [-0.2, -0.15) is 0 Å². The maximum atomic E-state index is 12.9. The summed E-state index contributed by atoms with van der Waals surface area (Å²) in [7, 11) is 0. The van der Waals surface area contributed by atoms with Gasteiger partial charge in [0.1, 0.15) is 5.82 Å². The molecule has 1 amide bonds. The molecule has 1 aliphatic heterocycles. The average molecular weight is 209 g/mol. The lowest BCUT2D eigenvalue weighted by Crippen LogP contribution is -2.40. The van der Waals surface area contributed by atoms with E-state index in [1.54, 1.807) is 17.0 Å². The van der Waals surface area contributed by atoms with E-state index in [1.165, 1.54) is 12.1 Å². The molecule has 0 aliphatic carbocycles. The third-order valence-corrected chi connectivity index (χ3v) is 2.37. The molecular weight excluding hydrogens is 197 g/mol. The molecule has 2 rings (SSSR count). The minimum absolute atomic E-state index is 0.127. The van der Waals surface area contributed by atoms with Crippen molar-refractivity contribution in [2.24, 2.45) is 0 Å². The molecule has 1 aliphatic rings. The van der Waals surface area contributed by atoms with Gasteiger partial charge in [-0.05, 0) is 18.2 Å². The zero-order valence-corrected chi connectivity index (χ0v) is 8.28. The predicted molar refractivity (Wildman–Crippen MR) is 53.1 cm³/mol. The van der Waals surface area contributed by atoms with Crippen LogP contribution in [0.3, 0.4) is 0 Å². The molecule has 1 saturated heterocycles. The van der Waals surface area contributed by atoms with Crippen molar-refractivity contribution >= 4 is 5.91 Å². The van der Waals surface area contributed by atoms with Crippen molar-refractivity contribution in [2.45, 2.75) is 0 Å². The zero-order chi connectivity index (χ0) is 10.7. The molecule has 1 aromatic rings. The van der Waals surface area contributed by atoms with E-state index in [4.69, 9.17) is 4.74 Å². The lowest BCUT2D eigenvalue weighted by Gasteiger charge is -2.26. The average Bonchev–Trinajstić information content (AvgIpc) is 2.29. The van der Waals surface area contributed by atoms with Gasteiger partial charge in [-0.25, -0.2) is 4.39 Å². The molecule has 0 saturated carbocycles. The molecule has 0 spiro atoms. The number of carbonyl (C=O) groups is 1. The van der Waals surface area contributed by atoms with Gasteiger partial charge in [0.25, 0.3) is 5.91 Å². The fraction of sp³-hybridized carbons (Fsp3) is 0.364. The second kappa shape index (κ2) is 4.40. The van der Waals surface area contributed by atoms with Crippen LogP contribution in [0, 0.1) is 5.82 Å². The predicted octanol–water partition coefficient (Wildman–Crippen LogP) is 1.30. The van der Waals surface area contributed by atoms with Crippen molar-refractivity contribution in [3.63, 3.8) is 0 Å².